The van der Waals surface area contributed by atoms with Crippen LogP contribution in [-0.2, 0) is 9.47 Å². The molecule has 0 amide bonds. The second-order valence-corrected chi connectivity index (χ2v) is 3.39. The maximum Gasteiger partial charge on any atom is 0.204 e. The highest BCUT2D eigenvalue weighted by molar-refractivity contribution is 5.63. The van der Waals surface area contributed by atoms with E-state index in [1.165, 1.54) is 6.33 Å². The van der Waals surface area contributed by atoms with E-state index >= 15 is 0 Å². The first-order valence-electron chi connectivity index (χ1n) is 5.70. The van der Waals surface area contributed by atoms with Gasteiger partial charge in [0, 0.05) is 20.7 Å². The first-order chi connectivity index (χ1) is 8.83. The van der Waals surface area contributed by atoms with Gasteiger partial charge in [0.2, 0.25) is 5.75 Å². The summed E-state index contributed by atoms with van der Waals surface area (Å²) >= 11 is 0. The van der Waals surface area contributed by atoms with E-state index in [4.69, 9.17) is 14.2 Å². The van der Waals surface area contributed by atoms with Crippen LogP contribution in [0, 0.1) is 0 Å². The Labute approximate surface area is 107 Å². The Morgan fingerprint density at radius 1 is 1.11 bits per heavy atom. The van der Waals surface area contributed by atoms with Crippen LogP contribution in [0.4, 0.5) is 11.6 Å². The Morgan fingerprint density at radius 2 is 1.89 bits per heavy atom. The highest BCUT2D eigenvalue weighted by Gasteiger charge is 2.09. The minimum absolute atomic E-state index is 0.575. The van der Waals surface area contributed by atoms with Crippen LogP contribution in [-0.4, -0.2) is 57.6 Å². The fraction of sp³-hybridized carbons (Fsp3) is 0.636. The predicted molar refractivity (Wildman–Crippen MR) is 69.3 cm³/mol. The zero-order chi connectivity index (χ0) is 13.2. The zero-order valence-electron chi connectivity index (χ0n) is 11.0. The summed E-state index contributed by atoms with van der Waals surface area (Å²) in [6.07, 6.45) is 1.47. The van der Waals surface area contributed by atoms with Gasteiger partial charge in [-0.3, -0.25) is 0 Å². The van der Waals surface area contributed by atoms with E-state index in [1.807, 2.05) is 0 Å². The molecule has 0 bridgehead atoms. The predicted octanol–water partition coefficient (Wildman–Crippen LogP) is 0.602. The van der Waals surface area contributed by atoms with Gasteiger partial charge in [-0.25, -0.2) is 9.97 Å². The summed E-state index contributed by atoms with van der Waals surface area (Å²) < 4.78 is 15.5. The molecule has 0 aliphatic rings. The van der Waals surface area contributed by atoms with E-state index in [2.05, 4.69) is 20.6 Å². The number of hydrogen-bond donors (Lipinski definition) is 2. The molecule has 0 saturated carbocycles. The number of nitrogens with zero attached hydrogens (tertiary/aromatic N) is 2. The molecule has 102 valence electrons. The SMILES string of the molecule is CNc1ncnc(NCCOCCOC)c1OC. The molecule has 18 heavy (non-hydrogen) atoms. The lowest BCUT2D eigenvalue weighted by Crippen LogP contribution is -2.14. The van der Waals surface area contributed by atoms with Gasteiger partial charge >= 0.3 is 0 Å². The molecule has 0 unspecified atom stereocenters. The van der Waals surface area contributed by atoms with Crippen molar-refractivity contribution in [3.8, 4) is 5.75 Å². The van der Waals surface area contributed by atoms with Crippen LogP contribution in [0.2, 0.25) is 0 Å². The van der Waals surface area contributed by atoms with Crippen molar-refractivity contribution in [1.82, 2.24) is 9.97 Å². The van der Waals surface area contributed by atoms with Gasteiger partial charge in [0.05, 0.1) is 26.9 Å². The van der Waals surface area contributed by atoms with Gasteiger partial charge in [-0.1, -0.05) is 0 Å². The molecule has 0 aromatic carbocycles. The molecule has 1 rings (SSSR count). The van der Waals surface area contributed by atoms with Gasteiger partial charge in [-0.15, -0.1) is 0 Å². The third-order valence-corrected chi connectivity index (χ3v) is 2.22. The molecule has 0 radical (unpaired) electrons. The van der Waals surface area contributed by atoms with Crippen LogP contribution < -0.4 is 15.4 Å². The monoisotopic (exact) mass is 256 g/mol. The van der Waals surface area contributed by atoms with E-state index in [0.29, 0.717) is 43.8 Å². The molecule has 0 saturated heterocycles. The second kappa shape index (κ2) is 8.48. The summed E-state index contributed by atoms with van der Waals surface area (Å²) in [5.74, 6) is 1.89. The summed E-state index contributed by atoms with van der Waals surface area (Å²) in [7, 11) is 5.01. The molecule has 1 heterocycles. The molecule has 0 aliphatic carbocycles. The standard InChI is InChI=1S/C11H20N4O3/c1-12-10-9(17-3)11(15-8-14-10)13-4-5-18-7-6-16-2/h8H,4-7H2,1-3H3,(H2,12,13,14,15). The molecule has 7 heteroatoms. The summed E-state index contributed by atoms with van der Waals surface area (Å²) in [4.78, 5) is 8.19. The van der Waals surface area contributed by atoms with Crippen LogP contribution in [0.5, 0.6) is 5.75 Å². The molecular weight excluding hydrogens is 236 g/mol. The van der Waals surface area contributed by atoms with Crippen molar-refractivity contribution >= 4 is 11.6 Å². The first-order valence-corrected chi connectivity index (χ1v) is 5.70. The average molecular weight is 256 g/mol. The number of hydrogen-bond acceptors (Lipinski definition) is 7. The van der Waals surface area contributed by atoms with E-state index < -0.39 is 0 Å². The average Bonchev–Trinajstić information content (AvgIpc) is 2.42. The molecule has 0 aliphatic heterocycles. The lowest BCUT2D eigenvalue weighted by molar-refractivity contribution is 0.0759. The summed E-state index contributed by atoms with van der Waals surface area (Å²) in [5, 5.41) is 6.08. The van der Waals surface area contributed by atoms with Gasteiger partial charge in [0.25, 0.3) is 0 Å². The van der Waals surface area contributed by atoms with E-state index in [9.17, 15) is 0 Å². The van der Waals surface area contributed by atoms with E-state index in [-0.39, 0.29) is 0 Å². The zero-order valence-corrected chi connectivity index (χ0v) is 11.0. The molecule has 0 atom stereocenters. The van der Waals surface area contributed by atoms with Crippen LogP contribution in [0.3, 0.4) is 0 Å². The summed E-state index contributed by atoms with van der Waals surface area (Å²) in [6, 6.07) is 0. The van der Waals surface area contributed by atoms with Crippen molar-refractivity contribution in [2.75, 3.05) is 58.3 Å². The number of ether oxygens (including phenoxy) is 3. The minimum Gasteiger partial charge on any atom is -0.490 e. The van der Waals surface area contributed by atoms with Crippen molar-refractivity contribution in [1.29, 1.82) is 0 Å². The molecule has 1 aromatic rings. The number of aromatic nitrogens is 2. The quantitative estimate of drug-likeness (QED) is 0.626. The fourth-order valence-electron chi connectivity index (χ4n) is 1.36. The van der Waals surface area contributed by atoms with Gasteiger partial charge < -0.3 is 24.8 Å². The van der Waals surface area contributed by atoms with Crippen LogP contribution in [0.25, 0.3) is 0 Å². The summed E-state index contributed by atoms with van der Waals surface area (Å²) in [5.41, 5.74) is 0. The Morgan fingerprint density at radius 3 is 2.56 bits per heavy atom. The Bertz CT molecular complexity index is 349. The van der Waals surface area contributed by atoms with E-state index in [1.54, 1.807) is 21.3 Å². The van der Waals surface area contributed by atoms with Gasteiger partial charge in [-0.05, 0) is 0 Å². The first kappa shape index (κ1) is 14.5. The Kier molecular flexibility index (Phi) is 6.82. The normalized spacial score (nSPS) is 10.2. The van der Waals surface area contributed by atoms with E-state index in [0.717, 1.165) is 0 Å². The Balaban J connectivity index is 2.41. The van der Waals surface area contributed by atoms with Crippen LogP contribution in [0.15, 0.2) is 6.33 Å². The van der Waals surface area contributed by atoms with Crippen molar-refractivity contribution in [2.24, 2.45) is 0 Å². The smallest absolute Gasteiger partial charge is 0.204 e. The van der Waals surface area contributed by atoms with Crippen molar-refractivity contribution in [3.63, 3.8) is 0 Å². The highest BCUT2D eigenvalue weighted by Crippen LogP contribution is 2.27. The highest BCUT2D eigenvalue weighted by atomic mass is 16.5. The molecular formula is C11H20N4O3. The molecule has 2 N–H and O–H groups in total. The largest absolute Gasteiger partial charge is 0.490 e. The number of methoxy groups -OCH3 is 2. The fourth-order valence-corrected chi connectivity index (χ4v) is 1.36. The number of anilines is 2. The van der Waals surface area contributed by atoms with Crippen LogP contribution >= 0.6 is 0 Å². The number of rotatable bonds is 9. The van der Waals surface area contributed by atoms with Gasteiger partial charge in [0.1, 0.15) is 6.33 Å². The molecule has 1 aromatic heterocycles. The van der Waals surface area contributed by atoms with Gasteiger partial charge in [-0.2, -0.15) is 0 Å². The molecule has 7 nitrogen and oxygen atoms in total. The summed E-state index contributed by atoms with van der Waals surface area (Å²) in [6.45, 7) is 2.40. The second-order valence-electron chi connectivity index (χ2n) is 3.39. The van der Waals surface area contributed by atoms with Crippen molar-refractivity contribution in [3.05, 3.63) is 6.33 Å². The lowest BCUT2D eigenvalue weighted by Gasteiger charge is -2.12. The van der Waals surface area contributed by atoms with Crippen molar-refractivity contribution in [2.45, 2.75) is 0 Å². The maximum atomic E-state index is 5.34. The van der Waals surface area contributed by atoms with Crippen LogP contribution in [0.1, 0.15) is 0 Å². The van der Waals surface area contributed by atoms with Gasteiger partial charge in [0.15, 0.2) is 11.6 Å². The Hall–Kier alpha value is -1.60. The third kappa shape index (κ3) is 4.34. The topological polar surface area (TPSA) is 77.5 Å². The van der Waals surface area contributed by atoms with Crippen molar-refractivity contribution < 1.29 is 14.2 Å². The lowest BCUT2D eigenvalue weighted by atomic mass is 10.4. The minimum atomic E-state index is 0.575. The molecule has 0 fully saturated rings. The molecule has 0 spiro atoms. The third-order valence-electron chi connectivity index (χ3n) is 2.22. The number of nitrogens with one attached hydrogen (secondary N) is 2. The maximum absolute atomic E-state index is 5.34.